The number of halogens is 4. The molecule has 1 aliphatic carbocycles. The van der Waals surface area contributed by atoms with Gasteiger partial charge in [-0.25, -0.2) is 0 Å². The quantitative estimate of drug-likeness (QED) is 0.803. The fourth-order valence-corrected chi connectivity index (χ4v) is 2.28. The number of hydrogen-bond donors (Lipinski definition) is 1. The summed E-state index contributed by atoms with van der Waals surface area (Å²) in [5, 5.41) is 3.22. The summed E-state index contributed by atoms with van der Waals surface area (Å²) in [7, 11) is 0. The van der Waals surface area contributed by atoms with E-state index in [1.54, 1.807) is 0 Å². The fraction of sp³-hybridized carbons (Fsp3) is 0.500. The summed E-state index contributed by atoms with van der Waals surface area (Å²) in [6.45, 7) is 0. The summed E-state index contributed by atoms with van der Waals surface area (Å²) in [6, 6.07) is 5.08. The lowest BCUT2D eigenvalue weighted by atomic mass is 9.78. The van der Waals surface area contributed by atoms with Gasteiger partial charge < -0.3 is 5.32 Å². The number of anilines is 1. The van der Waals surface area contributed by atoms with E-state index in [9.17, 15) is 13.2 Å². The van der Waals surface area contributed by atoms with Crippen molar-refractivity contribution in [1.29, 1.82) is 0 Å². The van der Waals surface area contributed by atoms with E-state index in [-0.39, 0.29) is 5.54 Å². The molecule has 0 radical (unpaired) electrons. The van der Waals surface area contributed by atoms with Gasteiger partial charge in [-0.2, -0.15) is 13.2 Å². The van der Waals surface area contributed by atoms with E-state index < -0.39 is 11.7 Å². The largest absolute Gasteiger partial charge is 0.416 e. The zero-order valence-corrected chi connectivity index (χ0v) is 9.91. The van der Waals surface area contributed by atoms with Crippen LogP contribution in [0.1, 0.15) is 24.8 Å². The van der Waals surface area contributed by atoms with Crippen molar-refractivity contribution in [2.45, 2.75) is 31.0 Å². The molecule has 0 aliphatic heterocycles. The molecule has 2 rings (SSSR count). The van der Waals surface area contributed by atoms with Crippen molar-refractivity contribution in [3.05, 3.63) is 29.8 Å². The summed E-state index contributed by atoms with van der Waals surface area (Å²) in [6.07, 6.45) is -1.23. The second-order valence-electron chi connectivity index (χ2n) is 4.47. The van der Waals surface area contributed by atoms with Gasteiger partial charge in [-0.1, -0.05) is 0 Å². The van der Waals surface area contributed by atoms with Crippen LogP contribution in [-0.2, 0) is 6.18 Å². The smallest absolute Gasteiger partial charge is 0.378 e. The number of rotatable bonds is 3. The van der Waals surface area contributed by atoms with Gasteiger partial charge in [0, 0.05) is 11.6 Å². The maximum atomic E-state index is 12.4. The molecule has 0 heterocycles. The van der Waals surface area contributed by atoms with Gasteiger partial charge in [-0.3, -0.25) is 0 Å². The van der Waals surface area contributed by atoms with Crippen molar-refractivity contribution in [1.82, 2.24) is 0 Å². The molecule has 1 aliphatic rings. The predicted molar refractivity (Wildman–Crippen MR) is 62.4 cm³/mol. The van der Waals surface area contributed by atoms with Crippen molar-refractivity contribution in [3.8, 4) is 0 Å². The highest BCUT2D eigenvalue weighted by molar-refractivity contribution is 6.19. The number of benzene rings is 1. The first-order valence-corrected chi connectivity index (χ1v) is 6.00. The lowest BCUT2D eigenvalue weighted by Crippen LogP contribution is -2.46. The predicted octanol–water partition coefficient (Wildman–Crippen LogP) is 4.28. The van der Waals surface area contributed by atoms with Gasteiger partial charge >= 0.3 is 6.18 Å². The highest BCUT2D eigenvalue weighted by Crippen LogP contribution is 2.37. The molecule has 94 valence electrons. The van der Waals surface area contributed by atoms with Crippen LogP contribution in [0.3, 0.4) is 0 Å². The van der Waals surface area contributed by atoms with Gasteiger partial charge in [0.1, 0.15) is 0 Å². The molecule has 17 heavy (non-hydrogen) atoms. The summed E-state index contributed by atoms with van der Waals surface area (Å²) >= 11 is 5.87. The maximum absolute atomic E-state index is 12.4. The van der Waals surface area contributed by atoms with E-state index in [1.165, 1.54) is 12.1 Å². The Morgan fingerprint density at radius 3 is 2.12 bits per heavy atom. The number of alkyl halides is 4. The Balaban J connectivity index is 2.08. The van der Waals surface area contributed by atoms with Crippen LogP contribution in [0.25, 0.3) is 0 Å². The van der Waals surface area contributed by atoms with Crippen LogP contribution in [0.2, 0.25) is 0 Å². The van der Waals surface area contributed by atoms with Gasteiger partial charge in [0.2, 0.25) is 0 Å². The van der Waals surface area contributed by atoms with E-state index in [2.05, 4.69) is 5.32 Å². The Bertz CT molecular complexity index is 376. The molecule has 1 nitrogen and oxygen atoms in total. The van der Waals surface area contributed by atoms with Gasteiger partial charge in [0.15, 0.2) is 0 Å². The third kappa shape index (κ3) is 2.68. The molecule has 0 saturated heterocycles. The Morgan fingerprint density at radius 1 is 1.18 bits per heavy atom. The summed E-state index contributed by atoms with van der Waals surface area (Å²) in [5.41, 5.74) is -0.0590. The monoisotopic (exact) mass is 263 g/mol. The Hall–Kier alpha value is -0.900. The highest BCUT2D eigenvalue weighted by atomic mass is 35.5. The van der Waals surface area contributed by atoms with Crippen LogP contribution < -0.4 is 5.32 Å². The minimum atomic E-state index is -4.28. The Kier molecular flexibility index (Phi) is 3.25. The first kappa shape index (κ1) is 12.6. The summed E-state index contributed by atoms with van der Waals surface area (Å²) < 4.78 is 37.1. The zero-order valence-electron chi connectivity index (χ0n) is 9.15. The number of nitrogens with one attached hydrogen (secondary N) is 1. The zero-order chi connectivity index (χ0) is 12.5. The van der Waals surface area contributed by atoms with Gasteiger partial charge in [-0.05, 0) is 43.5 Å². The molecule has 1 N–H and O–H groups in total. The standard InChI is InChI=1S/C12H13ClF3N/c13-8-11(6-1-7-11)17-10-4-2-9(3-5-10)12(14,15)16/h2-5,17H,1,6-8H2. The first-order valence-electron chi connectivity index (χ1n) is 5.47. The van der Waals surface area contributed by atoms with Crippen molar-refractivity contribution in [3.63, 3.8) is 0 Å². The topological polar surface area (TPSA) is 12.0 Å². The van der Waals surface area contributed by atoms with Gasteiger partial charge in [0.25, 0.3) is 0 Å². The highest BCUT2D eigenvalue weighted by Gasteiger charge is 2.36. The molecule has 0 bridgehead atoms. The molecule has 1 saturated carbocycles. The molecule has 5 heteroatoms. The third-order valence-electron chi connectivity index (χ3n) is 3.19. The molecule has 0 atom stereocenters. The molecule has 0 unspecified atom stereocenters. The van der Waals surface area contributed by atoms with Crippen molar-refractivity contribution in [2.24, 2.45) is 0 Å². The molecule has 0 aromatic heterocycles. The van der Waals surface area contributed by atoms with E-state index in [0.29, 0.717) is 11.6 Å². The SMILES string of the molecule is FC(F)(F)c1ccc(NC2(CCl)CCC2)cc1. The van der Waals surface area contributed by atoms with Gasteiger partial charge in [0.05, 0.1) is 11.1 Å². The van der Waals surface area contributed by atoms with Crippen LogP contribution >= 0.6 is 11.6 Å². The lowest BCUT2D eigenvalue weighted by Gasteiger charge is -2.42. The van der Waals surface area contributed by atoms with Crippen molar-refractivity contribution >= 4 is 17.3 Å². The normalized spacial score (nSPS) is 18.6. The summed E-state index contributed by atoms with van der Waals surface area (Å²) in [5.74, 6) is 0.480. The minimum Gasteiger partial charge on any atom is -0.378 e. The van der Waals surface area contributed by atoms with Crippen LogP contribution in [0.4, 0.5) is 18.9 Å². The lowest BCUT2D eigenvalue weighted by molar-refractivity contribution is -0.137. The Labute approximate surface area is 103 Å². The average molecular weight is 264 g/mol. The van der Waals surface area contributed by atoms with Crippen LogP contribution in [0.5, 0.6) is 0 Å². The van der Waals surface area contributed by atoms with E-state index in [0.717, 1.165) is 31.4 Å². The molecule has 1 fully saturated rings. The molecule has 0 amide bonds. The second-order valence-corrected chi connectivity index (χ2v) is 4.73. The summed E-state index contributed by atoms with van der Waals surface area (Å²) in [4.78, 5) is 0. The van der Waals surface area contributed by atoms with E-state index in [1.807, 2.05) is 0 Å². The van der Waals surface area contributed by atoms with Gasteiger partial charge in [-0.15, -0.1) is 11.6 Å². The van der Waals surface area contributed by atoms with Crippen LogP contribution in [0, 0.1) is 0 Å². The third-order valence-corrected chi connectivity index (χ3v) is 3.70. The van der Waals surface area contributed by atoms with Crippen molar-refractivity contribution in [2.75, 3.05) is 11.2 Å². The molecular formula is C12H13ClF3N. The van der Waals surface area contributed by atoms with E-state index in [4.69, 9.17) is 11.6 Å². The maximum Gasteiger partial charge on any atom is 0.416 e. The number of hydrogen-bond acceptors (Lipinski definition) is 1. The fourth-order valence-electron chi connectivity index (χ4n) is 1.94. The second kappa shape index (κ2) is 4.41. The van der Waals surface area contributed by atoms with Crippen molar-refractivity contribution < 1.29 is 13.2 Å². The molecule has 1 aromatic carbocycles. The molecular weight excluding hydrogens is 251 g/mol. The minimum absolute atomic E-state index is 0.124. The van der Waals surface area contributed by atoms with Crippen LogP contribution in [0.15, 0.2) is 24.3 Å². The van der Waals surface area contributed by atoms with E-state index >= 15 is 0 Å². The molecule has 0 spiro atoms. The Morgan fingerprint density at radius 2 is 1.76 bits per heavy atom. The average Bonchev–Trinajstić information content (AvgIpc) is 2.23. The van der Waals surface area contributed by atoms with Crippen LogP contribution in [-0.4, -0.2) is 11.4 Å². The molecule has 1 aromatic rings. The first-order chi connectivity index (χ1) is 7.95.